The summed E-state index contributed by atoms with van der Waals surface area (Å²) < 4.78 is 0. The van der Waals surface area contributed by atoms with E-state index in [1.807, 2.05) is 25.1 Å². The normalized spacial score (nSPS) is 22.4. The molecule has 3 nitrogen and oxygen atoms in total. The lowest BCUT2D eigenvalue weighted by Crippen LogP contribution is -2.19. The van der Waals surface area contributed by atoms with Crippen LogP contribution in [-0.4, -0.2) is 11.9 Å². The Hall–Kier alpha value is -1.22. The predicted molar refractivity (Wildman–Crippen MR) is 90.0 cm³/mol. The number of halogens is 1. The zero-order valence-electron chi connectivity index (χ0n) is 12.9. The highest BCUT2D eigenvalue weighted by Gasteiger charge is 2.17. The second-order valence-electron chi connectivity index (χ2n) is 6.05. The fourth-order valence-corrected chi connectivity index (χ4v) is 2.99. The molecule has 1 aromatic carbocycles. The zero-order chi connectivity index (χ0) is 15.2. The van der Waals surface area contributed by atoms with Gasteiger partial charge in [0.05, 0.1) is 10.7 Å². The van der Waals surface area contributed by atoms with Crippen molar-refractivity contribution < 1.29 is 4.79 Å². The van der Waals surface area contributed by atoms with Gasteiger partial charge in [-0.2, -0.15) is 0 Å². The molecule has 1 aliphatic carbocycles. The molecule has 1 aromatic rings. The van der Waals surface area contributed by atoms with Crippen LogP contribution in [0.2, 0.25) is 5.02 Å². The Morgan fingerprint density at radius 3 is 2.86 bits per heavy atom. The number of hydrogen-bond donors (Lipinski definition) is 2. The molecule has 1 saturated carbocycles. The fraction of sp³-hybridized carbons (Fsp3) is 0.588. The van der Waals surface area contributed by atoms with Crippen molar-refractivity contribution in [3.8, 4) is 0 Å². The third kappa shape index (κ3) is 4.92. The summed E-state index contributed by atoms with van der Waals surface area (Å²) in [5, 5.41) is 7.15. The van der Waals surface area contributed by atoms with Crippen molar-refractivity contribution in [2.45, 2.75) is 58.4 Å². The van der Waals surface area contributed by atoms with Gasteiger partial charge in [0.25, 0.3) is 0 Å². The molecule has 1 fully saturated rings. The Balaban J connectivity index is 2.04. The Labute approximate surface area is 132 Å². The summed E-state index contributed by atoms with van der Waals surface area (Å²) in [4.78, 5) is 11.5. The third-order valence-electron chi connectivity index (χ3n) is 4.19. The van der Waals surface area contributed by atoms with Gasteiger partial charge in [-0.3, -0.25) is 4.79 Å². The first kappa shape index (κ1) is 16.2. The van der Waals surface area contributed by atoms with Gasteiger partial charge in [0.15, 0.2) is 0 Å². The highest BCUT2D eigenvalue weighted by Crippen LogP contribution is 2.30. The number of carbonyl (C=O) groups is 1. The maximum atomic E-state index is 11.5. The Kier molecular flexibility index (Phi) is 5.92. The van der Waals surface area contributed by atoms with Crippen molar-refractivity contribution in [1.29, 1.82) is 0 Å². The lowest BCUT2D eigenvalue weighted by molar-refractivity contribution is -0.115. The van der Waals surface area contributed by atoms with E-state index in [1.165, 1.54) is 32.1 Å². The highest BCUT2D eigenvalue weighted by molar-refractivity contribution is 6.33. The van der Waals surface area contributed by atoms with Gasteiger partial charge in [-0.15, -0.1) is 0 Å². The van der Waals surface area contributed by atoms with E-state index in [-0.39, 0.29) is 5.91 Å². The second-order valence-corrected chi connectivity index (χ2v) is 6.46. The molecule has 21 heavy (non-hydrogen) atoms. The minimum Gasteiger partial charge on any atom is -0.381 e. The molecule has 0 aliphatic heterocycles. The second kappa shape index (κ2) is 7.69. The SMILES string of the molecule is CCC(=O)Nc1ccc(Cl)c(NC2CCCC(C)CC2)c1. The van der Waals surface area contributed by atoms with Crippen LogP contribution in [0.1, 0.15) is 52.4 Å². The summed E-state index contributed by atoms with van der Waals surface area (Å²) in [5.74, 6) is 0.842. The zero-order valence-corrected chi connectivity index (χ0v) is 13.7. The minimum atomic E-state index is 0.0200. The summed E-state index contributed by atoms with van der Waals surface area (Å²) in [6.07, 6.45) is 6.70. The van der Waals surface area contributed by atoms with Gasteiger partial charge in [-0.25, -0.2) is 0 Å². The molecular weight excluding hydrogens is 284 g/mol. The van der Waals surface area contributed by atoms with Crippen LogP contribution in [0, 0.1) is 5.92 Å². The van der Waals surface area contributed by atoms with E-state index in [0.717, 1.165) is 17.3 Å². The topological polar surface area (TPSA) is 41.1 Å². The number of amides is 1. The molecule has 0 bridgehead atoms. The van der Waals surface area contributed by atoms with Crippen molar-refractivity contribution in [3.05, 3.63) is 23.2 Å². The van der Waals surface area contributed by atoms with E-state index in [4.69, 9.17) is 11.6 Å². The average molecular weight is 309 g/mol. The fourth-order valence-electron chi connectivity index (χ4n) is 2.81. The molecule has 2 unspecified atom stereocenters. The van der Waals surface area contributed by atoms with Gasteiger partial charge in [-0.1, -0.05) is 38.3 Å². The average Bonchev–Trinajstić information content (AvgIpc) is 2.67. The van der Waals surface area contributed by atoms with Gasteiger partial charge in [0, 0.05) is 18.2 Å². The van der Waals surface area contributed by atoms with Crippen LogP contribution in [0.5, 0.6) is 0 Å². The summed E-state index contributed by atoms with van der Waals surface area (Å²) in [6.45, 7) is 4.17. The van der Waals surface area contributed by atoms with Gasteiger partial charge >= 0.3 is 0 Å². The molecule has 0 heterocycles. The molecular formula is C17H25ClN2O. The molecule has 4 heteroatoms. The number of benzene rings is 1. The van der Waals surface area contributed by atoms with Gasteiger partial charge in [0.2, 0.25) is 5.91 Å². The van der Waals surface area contributed by atoms with Gasteiger partial charge in [0.1, 0.15) is 0 Å². The maximum absolute atomic E-state index is 11.5. The summed E-state index contributed by atoms with van der Waals surface area (Å²) in [7, 11) is 0. The Morgan fingerprint density at radius 2 is 2.10 bits per heavy atom. The van der Waals surface area contributed by atoms with Crippen LogP contribution >= 0.6 is 11.6 Å². The quantitative estimate of drug-likeness (QED) is 0.762. The van der Waals surface area contributed by atoms with Crippen molar-refractivity contribution in [3.63, 3.8) is 0 Å². The van der Waals surface area contributed by atoms with E-state index in [0.29, 0.717) is 17.5 Å². The van der Waals surface area contributed by atoms with E-state index < -0.39 is 0 Å². The molecule has 0 spiro atoms. The van der Waals surface area contributed by atoms with Gasteiger partial charge in [-0.05, 0) is 43.4 Å². The maximum Gasteiger partial charge on any atom is 0.224 e. The number of nitrogens with one attached hydrogen (secondary N) is 2. The van der Waals surface area contributed by atoms with Crippen molar-refractivity contribution >= 4 is 28.9 Å². The first-order chi connectivity index (χ1) is 10.1. The van der Waals surface area contributed by atoms with Crippen molar-refractivity contribution in [2.24, 2.45) is 5.92 Å². The van der Waals surface area contributed by atoms with Crippen LogP contribution in [0.15, 0.2) is 18.2 Å². The standard InChI is InChI=1S/C17H25ClN2O/c1-3-17(21)20-14-9-10-15(18)16(11-14)19-13-6-4-5-12(2)7-8-13/h9-13,19H,3-8H2,1-2H3,(H,20,21). The number of hydrogen-bond acceptors (Lipinski definition) is 2. The monoisotopic (exact) mass is 308 g/mol. The molecule has 1 amide bonds. The van der Waals surface area contributed by atoms with Crippen LogP contribution in [-0.2, 0) is 4.79 Å². The first-order valence-corrected chi connectivity index (χ1v) is 8.32. The summed E-state index contributed by atoms with van der Waals surface area (Å²) >= 11 is 6.28. The Morgan fingerprint density at radius 1 is 1.29 bits per heavy atom. The first-order valence-electron chi connectivity index (χ1n) is 7.94. The number of carbonyl (C=O) groups excluding carboxylic acids is 1. The molecule has 2 rings (SSSR count). The van der Waals surface area contributed by atoms with E-state index in [1.54, 1.807) is 0 Å². The molecule has 116 valence electrons. The number of rotatable bonds is 4. The predicted octanol–water partition coefficient (Wildman–Crippen LogP) is 5.07. The Bertz CT molecular complexity index is 490. The van der Waals surface area contributed by atoms with Crippen LogP contribution in [0.4, 0.5) is 11.4 Å². The lowest BCUT2D eigenvalue weighted by Gasteiger charge is -2.19. The van der Waals surface area contributed by atoms with Crippen molar-refractivity contribution in [1.82, 2.24) is 0 Å². The molecule has 1 aliphatic rings. The summed E-state index contributed by atoms with van der Waals surface area (Å²) in [5.41, 5.74) is 1.72. The third-order valence-corrected chi connectivity index (χ3v) is 4.52. The molecule has 0 aromatic heterocycles. The molecule has 2 atom stereocenters. The van der Waals surface area contributed by atoms with E-state index >= 15 is 0 Å². The summed E-state index contributed by atoms with van der Waals surface area (Å²) in [6, 6.07) is 6.10. The van der Waals surface area contributed by atoms with Gasteiger partial charge < -0.3 is 10.6 Å². The van der Waals surface area contributed by atoms with Crippen molar-refractivity contribution in [2.75, 3.05) is 10.6 Å². The highest BCUT2D eigenvalue weighted by atomic mass is 35.5. The van der Waals surface area contributed by atoms with Crippen LogP contribution in [0.3, 0.4) is 0 Å². The largest absolute Gasteiger partial charge is 0.381 e. The molecule has 0 saturated heterocycles. The van der Waals surface area contributed by atoms with E-state index in [2.05, 4.69) is 17.6 Å². The minimum absolute atomic E-state index is 0.0200. The van der Waals surface area contributed by atoms with Crippen LogP contribution < -0.4 is 10.6 Å². The smallest absolute Gasteiger partial charge is 0.224 e. The van der Waals surface area contributed by atoms with Crippen LogP contribution in [0.25, 0.3) is 0 Å². The van der Waals surface area contributed by atoms with E-state index in [9.17, 15) is 4.79 Å². The molecule has 2 N–H and O–H groups in total. The number of anilines is 2. The molecule has 0 radical (unpaired) electrons. The lowest BCUT2D eigenvalue weighted by atomic mass is 10.0.